The predicted octanol–water partition coefficient (Wildman–Crippen LogP) is 2.25. The van der Waals surface area contributed by atoms with Gasteiger partial charge in [0.25, 0.3) is 15.9 Å². The van der Waals surface area contributed by atoms with Crippen LogP contribution in [0.1, 0.15) is 12.5 Å². The predicted molar refractivity (Wildman–Crippen MR) is 91.5 cm³/mol. The molecule has 0 fully saturated rings. The third-order valence-electron chi connectivity index (χ3n) is 3.07. The van der Waals surface area contributed by atoms with Gasteiger partial charge in [0.05, 0.1) is 11.5 Å². The quantitative estimate of drug-likeness (QED) is 0.583. The van der Waals surface area contributed by atoms with Crippen molar-refractivity contribution in [3.05, 3.63) is 66.0 Å². The van der Waals surface area contributed by atoms with Gasteiger partial charge in [0.2, 0.25) is 0 Å². The summed E-state index contributed by atoms with van der Waals surface area (Å²) in [4.78, 5) is 13.6. The largest absolute Gasteiger partial charge is 0.494 e. The second-order valence-electron chi connectivity index (χ2n) is 4.85. The van der Waals surface area contributed by atoms with Gasteiger partial charge in [-0.15, -0.1) is 4.83 Å². The standard InChI is InChI=1S/C17H17FN2O4S/c1-2-24-14-8-10-15(11-9-14)25(22,23)20-19-17(21)12-7-13-5-3-4-6-16(13)18/h3-12,20H,2H2,1H3,(H,19,21)/b12-7+. The molecule has 1 amide bonds. The second kappa shape index (κ2) is 8.41. The highest BCUT2D eigenvalue weighted by Crippen LogP contribution is 2.15. The van der Waals surface area contributed by atoms with Crippen LogP contribution in [0.25, 0.3) is 6.08 Å². The Morgan fingerprint density at radius 1 is 1.16 bits per heavy atom. The summed E-state index contributed by atoms with van der Waals surface area (Å²) in [7, 11) is -3.92. The van der Waals surface area contributed by atoms with Crippen molar-refractivity contribution in [3.63, 3.8) is 0 Å². The molecule has 0 aliphatic carbocycles. The van der Waals surface area contributed by atoms with Crippen LogP contribution in [0.15, 0.2) is 59.5 Å². The highest BCUT2D eigenvalue weighted by molar-refractivity contribution is 7.89. The Bertz CT molecular complexity index is 864. The van der Waals surface area contributed by atoms with Gasteiger partial charge in [-0.05, 0) is 43.3 Å². The van der Waals surface area contributed by atoms with Crippen molar-refractivity contribution < 1.29 is 22.3 Å². The average Bonchev–Trinajstić information content (AvgIpc) is 2.60. The van der Waals surface area contributed by atoms with Gasteiger partial charge in [-0.25, -0.2) is 12.8 Å². The van der Waals surface area contributed by atoms with Crippen LogP contribution in [0.3, 0.4) is 0 Å². The molecule has 25 heavy (non-hydrogen) atoms. The smallest absolute Gasteiger partial charge is 0.258 e. The van der Waals surface area contributed by atoms with Crippen LogP contribution in [0.2, 0.25) is 0 Å². The van der Waals surface area contributed by atoms with E-state index < -0.39 is 21.7 Å². The van der Waals surface area contributed by atoms with Gasteiger partial charge >= 0.3 is 0 Å². The lowest BCUT2D eigenvalue weighted by atomic mass is 10.2. The molecule has 0 spiro atoms. The van der Waals surface area contributed by atoms with Crippen LogP contribution in [-0.2, 0) is 14.8 Å². The maximum absolute atomic E-state index is 13.4. The molecule has 0 aromatic heterocycles. The Kier molecular flexibility index (Phi) is 6.26. The number of rotatable bonds is 7. The normalized spacial score (nSPS) is 11.4. The van der Waals surface area contributed by atoms with E-state index >= 15 is 0 Å². The van der Waals surface area contributed by atoms with E-state index in [4.69, 9.17) is 4.74 Å². The van der Waals surface area contributed by atoms with Crippen LogP contribution in [0.4, 0.5) is 4.39 Å². The highest BCUT2D eigenvalue weighted by atomic mass is 32.2. The number of hydrogen-bond acceptors (Lipinski definition) is 4. The summed E-state index contributed by atoms with van der Waals surface area (Å²) in [5.74, 6) is -0.683. The maximum atomic E-state index is 13.4. The van der Waals surface area contributed by atoms with Crippen LogP contribution >= 0.6 is 0 Å². The molecule has 8 heteroatoms. The number of nitrogens with one attached hydrogen (secondary N) is 2. The lowest BCUT2D eigenvalue weighted by Crippen LogP contribution is -2.40. The van der Waals surface area contributed by atoms with E-state index in [9.17, 15) is 17.6 Å². The van der Waals surface area contributed by atoms with Crippen LogP contribution in [0.5, 0.6) is 5.75 Å². The lowest BCUT2D eigenvalue weighted by molar-refractivity contribution is -0.116. The average molecular weight is 364 g/mol. The molecule has 0 heterocycles. The summed E-state index contributed by atoms with van der Waals surface area (Å²) in [5, 5.41) is 0. The van der Waals surface area contributed by atoms with Crippen LogP contribution in [0, 0.1) is 5.82 Å². The van der Waals surface area contributed by atoms with Crippen molar-refractivity contribution in [1.82, 2.24) is 10.3 Å². The number of sulfonamides is 1. The molecule has 2 rings (SSSR count). The molecule has 0 bridgehead atoms. The molecule has 0 atom stereocenters. The molecule has 0 saturated heterocycles. The first-order valence-electron chi connectivity index (χ1n) is 7.39. The van der Waals surface area contributed by atoms with Gasteiger partial charge in [0.15, 0.2) is 0 Å². The summed E-state index contributed by atoms with van der Waals surface area (Å²) in [5.41, 5.74) is 2.25. The fourth-order valence-corrected chi connectivity index (χ4v) is 2.72. The molecular formula is C17H17FN2O4S. The molecule has 0 saturated carbocycles. The first-order chi connectivity index (χ1) is 11.9. The zero-order chi connectivity index (χ0) is 18.3. The zero-order valence-corrected chi connectivity index (χ0v) is 14.2. The fraction of sp³-hybridized carbons (Fsp3) is 0.118. The van der Waals surface area contributed by atoms with E-state index in [1.807, 2.05) is 17.2 Å². The number of amides is 1. The summed E-state index contributed by atoms with van der Waals surface area (Å²) < 4.78 is 42.8. The Morgan fingerprint density at radius 3 is 2.48 bits per heavy atom. The molecular weight excluding hydrogens is 347 g/mol. The van der Waals surface area contributed by atoms with Crippen molar-refractivity contribution in [2.24, 2.45) is 0 Å². The highest BCUT2D eigenvalue weighted by Gasteiger charge is 2.14. The number of hydrazine groups is 1. The number of carbonyl (C=O) groups excluding carboxylic acids is 1. The Balaban J connectivity index is 1.97. The van der Waals surface area contributed by atoms with E-state index in [2.05, 4.69) is 0 Å². The van der Waals surface area contributed by atoms with Gasteiger partial charge in [-0.3, -0.25) is 10.2 Å². The summed E-state index contributed by atoms with van der Waals surface area (Å²) in [6, 6.07) is 11.6. The van der Waals surface area contributed by atoms with Crippen molar-refractivity contribution in [2.75, 3.05) is 6.61 Å². The number of hydrogen-bond donors (Lipinski definition) is 2. The first kappa shape index (κ1) is 18.6. The molecule has 6 nitrogen and oxygen atoms in total. The van der Waals surface area contributed by atoms with Crippen molar-refractivity contribution in [3.8, 4) is 5.75 Å². The molecule has 2 aromatic carbocycles. The van der Waals surface area contributed by atoms with Crippen LogP contribution in [-0.4, -0.2) is 20.9 Å². The second-order valence-corrected chi connectivity index (χ2v) is 6.54. The Morgan fingerprint density at radius 2 is 1.84 bits per heavy atom. The van der Waals surface area contributed by atoms with E-state index in [0.717, 1.165) is 6.08 Å². The summed E-state index contributed by atoms with van der Waals surface area (Å²) in [6.07, 6.45) is 2.27. The third-order valence-corrected chi connectivity index (χ3v) is 4.34. The number of benzene rings is 2. The van der Waals surface area contributed by atoms with Gasteiger partial charge in [-0.2, -0.15) is 0 Å². The monoisotopic (exact) mass is 364 g/mol. The molecule has 0 aliphatic heterocycles. The van der Waals surface area contributed by atoms with Gasteiger partial charge < -0.3 is 4.74 Å². The Labute approximate surface area is 145 Å². The molecule has 0 aliphatic rings. The van der Waals surface area contributed by atoms with Gasteiger partial charge in [0.1, 0.15) is 11.6 Å². The third kappa shape index (κ3) is 5.40. The molecule has 2 N–H and O–H groups in total. The van der Waals surface area contributed by atoms with Gasteiger partial charge in [0, 0.05) is 11.6 Å². The van der Waals surface area contributed by atoms with Crippen molar-refractivity contribution in [2.45, 2.75) is 11.8 Å². The molecule has 0 unspecified atom stereocenters. The van der Waals surface area contributed by atoms with E-state index in [1.54, 1.807) is 6.07 Å². The summed E-state index contributed by atoms with van der Waals surface area (Å²) >= 11 is 0. The van der Waals surface area contributed by atoms with E-state index in [0.29, 0.717) is 12.4 Å². The first-order valence-corrected chi connectivity index (χ1v) is 8.88. The maximum Gasteiger partial charge on any atom is 0.258 e. The Hall–Kier alpha value is -2.71. The van der Waals surface area contributed by atoms with E-state index in [-0.39, 0.29) is 10.5 Å². The number of carbonyl (C=O) groups is 1. The minimum absolute atomic E-state index is 0.0330. The minimum atomic E-state index is -3.92. The number of ether oxygens (including phenoxy) is 1. The van der Waals surface area contributed by atoms with Crippen molar-refractivity contribution in [1.29, 1.82) is 0 Å². The fourth-order valence-electron chi connectivity index (χ4n) is 1.88. The number of halogens is 1. The topological polar surface area (TPSA) is 84.5 Å². The lowest BCUT2D eigenvalue weighted by Gasteiger charge is -2.08. The zero-order valence-electron chi connectivity index (χ0n) is 13.4. The van der Waals surface area contributed by atoms with Crippen LogP contribution < -0.4 is 15.0 Å². The minimum Gasteiger partial charge on any atom is -0.494 e. The van der Waals surface area contributed by atoms with Gasteiger partial charge in [-0.1, -0.05) is 18.2 Å². The molecule has 132 valence electrons. The van der Waals surface area contributed by atoms with E-state index in [1.165, 1.54) is 48.5 Å². The summed E-state index contributed by atoms with van der Waals surface area (Å²) in [6.45, 7) is 2.28. The molecule has 2 aromatic rings. The van der Waals surface area contributed by atoms with Crippen molar-refractivity contribution >= 4 is 22.0 Å². The SMILES string of the molecule is CCOc1ccc(S(=O)(=O)NNC(=O)/C=C/c2ccccc2F)cc1. The molecule has 0 radical (unpaired) electrons.